The van der Waals surface area contributed by atoms with Crippen molar-refractivity contribution < 1.29 is 14.3 Å². The minimum absolute atomic E-state index is 0.0494. The molecule has 0 spiro atoms. The summed E-state index contributed by atoms with van der Waals surface area (Å²) < 4.78 is 11.3. The first-order valence-electron chi connectivity index (χ1n) is 8.43. The second-order valence-electron chi connectivity index (χ2n) is 6.90. The molecular formula is C18H23Cl2NO3. The number of carbonyl (C=O) groups is 1. The van der Waals surface area contributed by atoms with Gasteiger partial charge in [-0.15, -0.1) is 0 Å². The Balaban J connectivity index is 1.58. The molecule has 1 aromatic rings. The van der Waals surface area contributed by atoms with Gasteiger partial charge in [-0.25, -0.2) is 0 Å². The second kappa shape index (κ2) is 7.20. The average molecular weight is 372 g/mol. The highest BCUT2D eigenvalue weighted by molar-refractivity contribution is 6.42. The maximum atomic E-state index is 11.6. The number of esters is 1. The van der Waals surface area contributed by atoms with Crippen molar-refractivity contribution in [2.45, 2.75) is 50.9 Å². The Labute approximate surface area is 153 Å². The van der Waals surface area contributed by atoms with Crippen LogP contribution in [0.3, 0.4) is 0 Å². The van der Waals surface area contributed by atoms with E-state index in [0.29, 0.717) is 22.5 Å². The molecule has 6 heteroatoms. The fourth-order valence-electron chi connectivity index (χ4n) is 3.64. The summed E-state index contributed by atoms with van der Waals surface area (Å²) in [6.45, 7) is 6.17. The third-order valence-electron chi connectivity index (χ3n) is 4.73. The minimum atomic E-state index is -0.294. The highest BCUT2D eigenvalue weighted by Gasteiger charge is 2.51. The normalized spacial score (nSPS) is 26.3. The Morgan fingerprint density at radius 1 is 1.42 bits per heavy atom. The second-order valence-corrected chi connectivity index (χ2v) is 7.72. The standard InChI is InChI=1S/C18H23Cl2NO3/c1-12(2)24-17(22)4-3-7-21-11-18(9-14(21)10-23-18)13-5-6-15(19)16(20)8-13/h5-6,8,12,14H,3-4,7,9-11H2,1-2H3. The topological polar surface area (TPSA) is 38.8 Å². The Bertz CT molecular complexity index is 622. The van der Waals surface area contributed by atoms with Gasteiger partial charge in [0.15, 0.2) is 0 Å². The first-order valence-corrected chi connectivity index (χ1v) is 9.18. The first kappa shape index (κ1) is 18.0. The van der Waals surface area contributed by atoms with Crippen molar-refractivity contribution in [3.05, 3.63) is 33.8 Å². The van der Waals surface area contributed by atoms with Crippen LogP contribution in [-0.2, 0) is 19.9 Å². The molecule has 3 rings (SSSR count). The van der Waals surface area contributed by atoms with Crippen molar-refractivity contribution >= 4 is 29.2 Å². The number of nitrogens with zero attached hydrogens (tertiary/aromatic N) is 1. The van der Waals surface area contributed by atoms with Crippen molar-refractivity contribution in [3.63, 3.8) is 0 Å². The van der Waals surface area contributed by atoms with Gasteiger partial charge in [0.2, 0.25) is 0 Å². The summed E-state index contributed by atoms with van der Waals surface area (Å²) in [5, 5.41) is 1.12. The summed E-state index contributed by atoms with van der Waals surface area (Å²) in [5.41, 5.74) is 0.790. The maximum Gasteiger partial charge on any atom is 0.306 e. The summed E-state index contributed by atoms with van der Waals surface area (Å²) in [5.74, 6) is -0.121. The van der Waals surface area contributed by atoms with E-state index in [0.717, 1.165) is 38.1 Å². The highest BCUT2D eigenvalue weighted by Crippen LogP contribution is 2.46. The molecule has 24 heavy (non-hydrogen) atoms. The summed E-state index contributed by atoms with van der Waals surface area (Å²) in [4.78, 5) is 14.1. The number of rotatable bonds is 6. The van der Waals surface area contributed by atoms with Gasteiger partial charge in [0.25, 0.3) is 0 Å². The zero-order valence-corrected chi connectivity index (χ0v) is 15.6. The van der Waals surface area contributed by atoms with Gasteiger partial charge in [-0.05, 0) is 50.9 Å². The lowest BCUT2D eigenvalue weighted by Crippen LogP contribution is -2.41. The number of ether oxygens (including phenoxy) is 2. The molecule has 2 saturated heterocycles. The van der Waals surface area contributed by atoms with Crippen LogP contribution in [0, 0.1) is 0 Å². The molecule has 2 aliphatic rings. The number of fused-ring (bicyclic) bond motifs is 2. The van der Waals surface area contributed by atoms with Crippen LogP contribution in [0.1, 0.15) is 38.7 Å². The number of benzene rings is 1. The van der Waals surface area contributed by atoms with E-state index < -0.39 is 0 Å². The molecular weight excluding hydrogens is 349 g/mol. The van der Waals surface area contributed by atoms with Crippen molar-refractivity contribution in [1.82, 2.24) is 4.90 Å². The zero-order chi connectivity index (χ0) is 17.3. The molecule has 2 fully saturated rings. The van der Waals surface area contributed by atoms with Crippen LogP contribution in [0.25, 0.3) is 0 Å². The number of hydrogen-bond acceptors (Lipinski definition) is 4. The van der Waals surface area contributed by atoms with Gasteiger partial charge < -0.3 is 9.47 Å². The summed E-state index contributed by atoms with van der Waals surface area (Å²) >= 11 is 12.2. The predicted octanol–water partition coefficient (Wildman–Crippen LogP) is 4.03. The van der Waals surface area contributed by atoms with Gasteiger partial charge in [0.1, 0.15) is 5.60 Å². The molecule has 0 aliphatic carbocycles. The molecule has 2 aliphatic heterocycles. The van der Waals surface area contributed by atoms with E-state index in [9.17, 15) is 4.79 Å². The lowest BCUT2D eigenvalue weighted by molar-refractivity contribution is -0.147. The van der Waals surface area contributed by atoms with Gasteiger partial charge in [-0.3, -0.25) is 9.69 Å². The van der Waals surface area contributed by atoms with Gasteiger partial charge in [0, 0.05) is 19.0 Å². The molecule has 2 atom stereocenters. The Morgan fingerprint density at radius 3 is 2.92 bits per heavy atom. The quantitative estimate of drug-likeness (QED) is 0.707. The average Bonchev–Trinajstić information content (AvgIpc) is 3.08. The van der Waals surface area contributed by atoms with E-state index in [4.69, 9.17) is 32.7 Å². The van der Waals surface area contributed by atoms with Crippen LogP contribution in [-0.4, -0.2) is 42.7 Å². The van der Waals surface area contributed by atoms with E-state index in [1.54, 1.807) is 0 Å². The van der Waals surface area contributed by atoms with Crippen LogP contribution in [0.15, 0.2) is 18.2 Å². The molecule has 0 aromatic heterocycles. The lowest BCUT2D eigenvalue weighted by atomic mass is 9.93. The van der Waals surface area contributed by atoms with E-state index >= 15 is 0 Å². The molecule has 2 heterocycles. The molecule has 2 unspecified atom stereocenters. The largest absolute Gasteiger partial charge is 0.463 e. The van der Waals surface area contributed by atoms with Crippen molar-refractivity contribution in [1.29, 1.82) is 0 Å². The van der Waals surface area contributed by atoms with Gasteiger partial charge >= 0.3 is 5.97 Å². The fraction of sp³-hybridized carbons (Fsp3) is 0.611. The SMILES string of the molecule is CC(C)OC(=O)CCCN1CC2(c3ccc(Cl)c(Cl)c3)CC1CO2. The van der Waals surface area contributed by atoms with Crippen LogP contribution in [0.4, 0.5) is 0 Å². The molecule has 0 saturated carbocycles. The molecule has 132 valence electrons. The maximum absolute atomic E-state index is 11.6. The minimum Gasteiger partial charge on any atom is -0.463 e. The monoisotopic (exact) mass is 371 g/mol. The summed E-state index contributed by atoms with van der Waals surface area (Å²) in [7, 11) is 0. The smallest absolute Gasteiger partial charge is 0.306 e. The third-order valence-corrected chi connectivity index (χ3v) is 5.47. The van der Waals surface area contributed by atoms with Gasteiger partial charge in [-0.2, -0.15) is 0 Å². The number of likely N-dealkylation sites (tertiary alicyclic amines) is 1. The van der Waals surface area contributed by atoms with Crippen LogP contribution in [0.5, 0.6) is 0 Å². The molecule has 2 bridgehead atoms. The molecule has 0 N–H and O–H groups in total. The van der Waals surface area contributed by atoms with Crippen LogP contribution < -0.4 is 0 Å². The van der Waals surface area contributed by atoms with E-state index in [1.807, 2.05) is 32.0 Å². The summed E-state index contributed by atoms with van der Waals surface area (Å²) in [6, 6.07) is 6.14. The predicted molar refractivity (Wildman–Crippen MR) is 94.5 cm³/mol. The van der Waals surface area contributed by atoms with Crippen LogP contribution >= 0.6 is 23.2 Å². The Hall–Kier alpha value is -0.810. The number of halogens is 2. The zero-order valence-electron chi connectivity index (χ0n) is 14.1. The van der Waals surface area contributed by atoms with Gasteiger partial charge in [-0.1, -0.05) is 29.3 Å². The van der Waals surface area contributed by atoms with E-state index in [-0.39, 0.29) is 17.7 Å². The number of hydrogen-bond donors (Lipinski definition) is 0. The third kappa shape index (κ3) is 3.72. The highest BCUT2D eigenvalue weighted by atomic mass is 35.5. The number of carbonyl (C=O) groups excluding carboxylic acids is 1. The Kier molecular flexibility index (Phi) is 5.40. The summed E-state index contributed by atoms with van der Waals surface area (Å²) in [6.07, 6.45) is 2.18. The molecule has 4 nitrogen and oxygen atoms in total. The molecule has 0 radical (unpaired) electrons. The first-order chi connectivity index (χ1) is 11.4. The Morgan fingerprint density at radius 2 is 2.21 bits per heavy atom. The van der Waals surface area contributed by atoms with Gasteiger partial charge in [0.05, 0.1) is 22.8 Å². The van der Waals surface area contributed by atoms with Crippen molar-refractivity contribution in [2.75, 3.05) is 19.7 Å². The fourth-order valence-corrected chi connectivity index (χ4v) is 3.94. The van der Waals surface area contributed by atoms with Crippen molar-refractivity contribution in [3.8, 4) is 0 Å². The van der Waals surface area contributed by atoms with Crippen molar-refractivity contribution in [2.24, 2.45) is 0 Å². The van der Waals surface area contributed by atoms with E-state index in [2.05, 4.69) is 4.90 Å². The lowest BCUT2D eigenvalue weighted by Gasteiger charge is -2.33. The molecule has 1 aromatic carbocycles. The van der Waals surface area contributed by atoms with Crippen LogP contribution in [0.2, 0.25) is 10.0 Å². The van der Waals surface area contributed by atoms with E-state index in [1.165, 1.54) is 0 Å². The molecule has 0 amide bonds. The number of morpholine rings is 1.